The minimum absolute atomic E-state index is 0.00873. The van der Waals surface area contributed by atoms with Gasteiger partial charge in [-0.15, -0.1) is 0 Å². The van der Waals surface area contributed by atoms with Crippen LogP contribution in [0.25, 0.3) is 22.4 Å². The fraction of sp³-hybridized carbons (Fsp3) is 0.111. The van der Waals surface area contributed by atoms with Crippen molar-refractivity contribution in [1.82, 2.24) is 10.2 Å². The van der Waals surface area contributed by atoms with Crippen molar-refractivity contribution in [2.45, 2.75) is 18.0 Å². The number of H-pyrrole nitrogens is 1. The summed E-state index contributed by atoms with van der Waals surface area (Å²) in [6.07, 6.45) is -4.70. The molecule has 1 aromatic heterocycles. The van der Waals surface area contributed by atoms with Gasteiger partial charge in [0.15, 0.2) is 0 Å². The lowest BCUT2D eigenvalue weighted by Crippen LogP contribution is -2.11. The molecule has 1 amide bonds. The largest absolute Gasteiger partial charge is 0.433 e. The zero-order chi connectivity index (χ0) is 21.4. The Balaban J connectivity index is 2.12. The number of nitrogens with one attached hydrogen (secondary N) is 2. The van der Waals surface area contributed by atoms with Crippen LogP contribution in [0, 0.1) is 0 Å². The van der Waals surface area contributed by atoms with Crippen LogP contribution < -0.4 is 10.5 Å². The monoisotopic (exact) mass is 424 g/mol. The lowest BCUT2D eigenvalue weighted by atomic mass is 9.98. The molecule has 0 spiro atoms. The van der Waals surface area contributed by atoms with Gasteiger partial charge in [-0.1, -0.05) is 24.3 Å². The van der Waals surface area contributed by atoms with E-state index >= 15 is 0 Å². The molecule has 2 aromatic carbocycles. The fourth-order valence-corrected chi connectivity index (χ4v) is 3.28. The Morgan fingerprint density at radius 2 is 1.59 bits per heavy atom. The molecule has 7 nitrogen and oxygen atoms in total. The zero-order valence-corrected chi connectivity index (χ0v) is 15.7. The number of nitrogens with two attached hydrogens (primary N) is 1. The van der Waals surface area contributed by atoms with Crippen LogP contribution >= 0.6 is 0 Å². The molecule has 0 atom stereocenters. The molecule has 0 unspecified atom stereocenters. The van der Waals surface area contributed by atoms with E-state index in [9.17, 15) is 26.4 Å². The highest BCUT2D eigenvalue weighted by atomic mass is 32.2. The number of halogens is 3. The highest BCUT2D eigenvalue weighted by molar-refractivity contribution is 7.89. The molecular weight excluding hydrogens is 409 g/mol. The van der Waals surface area contributed by atoms with Gasteiger partial charge in [0.2, 0.25) is 15.9 Å². The quantitative estimate of drug-likeness (QED) is 0.595. The number of carbonyl (C=O) groups excluding carboxylic acids is 1. The third-order valence-electron chi connectivity index (χ3n) is 4.00. The van der Waals surface area contributed by atoms with Gasteiger partial charge < -0.3 is 5.32 Å². The van der Waals surface area contributed by atoms with Crippen LogP contribution in [0.4, 0.5) is 18.9 Å². The first-order valence-electron chi connectivity index (χ1n) is 8.13. The average Bonchev–Trinajstić information content (AvgIpc) is 3.07. The Labute approximate surface area is 163 Å². The molecule has 29 heavy (non-hydrogen) atoms. The number of sulfonamides is 1. The maximum atomic E-state index is 13.5. The normalized spacial score (nSPS) is 12.0. The van der Waals surface area contributed by atoms with E-state index in [1.807, 2.05) is 5.10 Å². The summed E-state index contributed by atoms with van der Waals surface area (Å²) in [5, 5.41) is 13.4. The number of nitrogens with zero attached hydrogens (tertiary/aromatic N) is 1. The Morgan fingerprint density at radius 3 is 2.07 bits per heavy atom. The number of benzene rings is 2. The Morgan fingerprint density at radius 1 is 1.03 bits per heavy atom. The zero-order valence-electron chi connectivity index (χ0n) is 14.9. The van der Waals surface area contributed by atoms with Gasteiger partial charge in [0.1, 0.15) is 11.4 Å². The summed E-state index contributed by atoms with van der Waals surface area (Å²) in [6.45, 7) is 1.31. The molecule has 0 saturated carbocycles. The lowest BCUT2D eigenvalue weighted by molar-refractivity contribution is -0.140. The van der Waals surface area contributed by atoms with Gasteiger partial charge in [0.25, 0.3) is 0 Å². The van der Waals surface area contributed by atoms with Crippen LogP contribution in [0.2, 0.25) is 0 Å². The van der Waals surface area contributed by atoms with E-state index in [2.05, 4.69) is 10.4 Å². The van der Waals surface area contributed by atoms with Crippen molar-refractivity contribution in [2.24, 2.45) is 5.14 Å². The lowest BCUT2D eigenvalue weighted by Gasteiger charge is -2.10. The topological polar surface area (TPSA) is 118 Å². The summed E-state index contributed by atoms with van der Waals surface area (Å²) in [5.41, 5.74) is -0.343. The Bertz CT molecular complexity index is 1150. The van der Waals surface area contributed by atoms with Crippen molar-refractivity contribution in [1.29, 1.82) is 0 Å². The predicted octanol–water partition coefficient (Wildman–Crippen LogP) is 3.37. The van der Waals surface area contributed by atoms with E-state index in [4.69, 9.17) is 5.14 Å². The third-order valence-corrected chi connectivity index (χ3v) is 4.93. The molecule has 152 valence electrons. The SMILES string of the molecule is CC(=O)Nc1ccc(-c2c(-c3ccc(S(N)(=O)=O)cc3)n[nH]c2C(F)(F)F)cc1. The summed E-state index contributed by atoms with van der Waals surface area (Å²) in [5.74, 6) is -0.312. The van der Waals surface area contributed by atoms with E-state index in [1.54, 1.807) is 0 Å². The van der Waals surface area contributed by atoms with Crippen molar-refractivity contribution in [3.63, 3.8) is 0 Å². The number of alkyl halides is 3. The summed E-state index contributed by atoms with van der Waals surface area (Å²) < 4.78 is 63.3. The van der Waals surface area contributed by atoms with Crippen LogP contribution in [0.1, 0.15) is 12.6 Å². The minimum Gasteiger partial charge on any atom is -0.326 e. The molecule has 0 bridgehead atoms. The second kappa shape index (κ2) is 7.33. The molecule has 1 heterocycles. The van der Waals surface area contributed by atoms with Crippen LogP contribution in [0.15, 0.2) is 53.4 Å². The highest BCUT2D eigenvalue weighted by Crippen LogP contribution is 2.41. The first kappa shape index (κ1) is 20.6. The molecular formula is C18H15F3N4O3S. The number of hydrogen-bond acceptors (Lipinski definition) is 4. The van der Waals surface area contributed by atoms with E-state index in [1.165, 1.54) is 55.5 Å². The van der Waals surface area contributed by atoms with Crippen molar-refractivity contribution < 1.29 is 26.4 Å². The van der Waals surface area contributed by atoms with E-state index < -0.39 is 21.9 Å². The van der Waals surface area contributed by atoms with Gasteiger partial charge in [0.05, 0.1) is 4.90 Å². The maximum absolute atomic E-state index is 13.5. The molecule has 4 N–H and O–H groups in total. The van der Waals surface area contributed by atoms with E-state index in [0.29, 0.717) is 5.69 Å². The van der Waals surface area contributed by atoms with E-state index in [-0.39, 0.29) is 33.2 Å². The maximum Gasteiger partial charge on any atom is 0.433 e. The van der Waals surface area contributed by atoms with Gasteiger partial charge in [-0.05, 0) is 29.8 Å². The molecule has 11 heteroatoms. The highest BCUT2D eigenvalue weighted by Gasteiger charge is 2.38. The van der Waals surface area contributed by atoms with Crippen molar-refractivity contribution in [3.8, 4) is 22.4 Å². The number of carbonyl (C=O) groups is 1. The summed E-state index contributed by atoms with van der Waals surface area (Å²) in [7, 11) is -3.94. The third kappa shape index (κ3) is 4.46. The van der Waals surface area contributed by atoms with Crippen LogP contribution in [0.3, 0.4) is 0 Å². The second-order valence-electron chi connectivity index (χ2n) is 6.15. The number of amides is 1. The predicted molar refractivity (Wildman–Crippen MR) is 100 cm³/mol. The van der Waals surface area contributed by atoms with Crippen molar-refractivity contribution in [2.75, 3.05) is 5.32 Å². The van der Waals surface area contributed by atoms with Crippen molar-refractivity contribution >= 4 is 21.6 Å². The smallest absolute Gasteiger partial charge is 0.326 e. The number of anilines is 1. The minimum atomic E-state index is -4.70. The van der Waals surface area contributed by atoms with Crippen molar-refractivity contribution in [3.05, 3.63) is 54.2 Å². The van der Waals surface area contributed by atoms with Crippen LogP contribution in [-0.4, -0.2) is 24.5 Å². The number of primary sulfonamides is 1. The van der Waals surface area contributed by atoms with Gasteiger partial charge in [0, 0.05) is 23.7 Å². The van der Waals surface area contributed by atoms with Gasteiger partial charge in [-0.25, -0.2) is 13.6 Å². The van der Waals surface area contributed by atoms with Crippen LogP contribution in [-0.2, 0) is 21.0 Å². The fourth-order valence-electron chi connectivity index (χ4n) is 2.76. The number of hydrogen-bond donors (Lipinski definition) is 3. The van der Waals surface area contributed by atoms with E-state index in [0.717, 1.165) is 0 Å². The first-order valence-corrected chi connectivity index (χ1v) is 9.68. The summed E-state index contributed by atoms with van der Waals surface area (Å²) in [4.78, 5) is 11.0. The van der Waals surface area contributed by atoms with Crippen LogP contribution in [0.5, 0.6) is 0 Å². The van der Waals surface area contributed by atoms with Gasteiger partial charge in [-0.3, -0.25) is 9.89 Å². The number of aromatic nitrogens is 2. The number of rotatable bonds is 4. The second-order valence-corrected chi connectivity index (χ2v) is 7.71. The molecule has 0 fully saturated rings. The summed E-state index contributed by atoms with van der Waals surface area (Å²) in [6, 6.07) is 10.8. The molecule has 0 aliphatic rings. The molecule has 3 aromatic rings. The number of aromatic amines is 1. The standard InChI is InChI=1S/C18H15F3N4O3S/c1-10(26)23-13-6-2-11(3-7-13)15-16(24-25-17(15)18(19,20)21)12-4-8-14(9-5-12)29(22,27)28/h2-9H,1H3,(H,23,26)(H,24,25)(H2,22,27,28). The molecule has 0 aliphatic carbocycles. The van der Waals surface area contributed by atoms with Gasteiger partial charge >= 0.3 is 6.18 Å². The molecule has 0 radical (unpaired) electrons. The Hall–Kier alpha value is -3.18. The average molecular weight is 424 g/mol. The van der Waals surface area contributed by atoms with Gasteiger partial charge in [-0.2, -0.15) is 18.3 Å². The molecule has 3 rings (SSSR count). The summed E-state index contributed by atoms with van der Waals surface area (Å²) >= 11 is 0. The Kier molecular flexibility index (Phi) is 5.20. The molecule has 0 saturated heterocycles. The first-order chi connectivity index (χ1) is 13.5. The molecule has 0 aliphatic heterocycles.